The van der Waals surface area contributed by atoms with Crippen LogP contribution in [0.5, 0.6) is 0 Å². The number of anilines is 1. The van der Waals surface area contributed by atoms with Crippen LogP contribution < -0.4 is 4.90 Å². The summed E-state index contributed by atoms with van der Waals surface area (Å²) in [5.74, 6) is -1.94. The maximum absolute atomic E-state index is 13.5. The number of allylic oxidation sites excluding steroid dienone is 2. The second-order valence-corrected chi connectivity index (χ2v) is 12.2. The third-order valence-corrected chi connectivity index (χ3v) is 9.13. The summed E-state index contributed by atoms with van der Waals surface area (Å²) >= 11 is 0. The average molecular weight is 621 g/mol. The first-order chi connectivity index (χ1) is 22.8. The highest BCUT2D eigenvalue weighted by molar-refractivity contribution is 6.22. The molecule has 0 radical (unpaired) electrons. The van der Waals surface area contributed by atoms with E-state index < -0.39 is 12.6 Å². The van der Waals surface area contributed by atoms with E-state index in [1.165, 1.54) is 4.90 Å². The van der Waals surface area contributed by atoms with Crippen LogP contribution in [0.4, 0.5) is 5.69 Å². The van der Waals surface area contributed by atoms with E-state index in [9.17, 15) is 19.2 Å². The number of carbonyl (C=O) groups excluding carboxylic acids is 4. The molecule has 4 aromatic carbocycles. The van der Waals surface area contributed by atoms with E-state index in [1.54, 1.807) is 42.5 Å². The average Bonchev–Trinajstić information content (AvgIpc) is 3.36. The largest absolute Gasteiger partial charge is 0.454 e. The van der Waals surface area contributed by atoms with E-state index in [4.69, 9.17) is 9.72 Å². The van der Waals surface area contributed by atoms with Crippen molar-refractivity contribution >= 4 is 40.2 Å². The van der Waals surface area contributed by atoms with Crippen molar-refractivity contribution in [2.24, 2.45) is 17.8 Å². The molecule has 7 heteroatoms. The van der Waals surface area contributed by atoms with Gasteiger partial charge >= 0.3 is 5.97 Å². The number of ether oxygens (including phenoxy) is 1. The van der Waals surface area contributed by atoms with Crippen molar-refractivity contribution in [2.75, 3.05) is 11.5 Å². The Bertz CT molecular complexity index is 2070. The van der Waals surface area contributed by atoms with Gasteiger partial charge in [-0.15, -0.1) is 0 Å². The summed E-state index contributed by atoms with van der Waals surface area (Å²) in [5, 5.41) is 0.619. The lowest BCUT2D eigenvalue weighted by molar-refractivity contribution is -0.122. The smallest absolute Gasteiger partial charge is 0.339 e. The quantitative estimate of drug-likeness (QED) is 0.0804. The number of amides is 2. The van der Waals surface area contributed by atoms with Gasteiger partial charge in [0.2, 0.25) is 11.8 Å². The Morgan fingerprint density at radius 2 is 1.53 bits per heavy atom. The van der Waals surface area contributed by atoms with Crippen molar-refractivity contribution in [3.05, 3.63) is 132 Å². The molecule has 0 bridgehead atoms. The minimum Gasteiger partial charge on any atom is -0.454 e. The molecule has 5 aromatic rings. The van der Waals surface area contributed by atoms with Crippen LogP contribution in [0.1, 0.15) is 39.6 Å². The molecule has 2 heterocycles. The Morgan fingerprint density at radius 1 is 0.830 bits per heavy atom. The Hall–Kier alpha value is -5.69. The first kappa shape index (κ1) is 30.0. The number of imide groups is 1. The van der Waals surface area contributed by atoms with Gasteiger partial charge < -0.3 is 4.74 Å². The van der Waals surface area contributed by atoms with E-state index in [1.807, 2.05) is 86.7 Å². The van der Waals surface area contributed by atoms with Crippen LogP contribution in [0, 0.1) is 24.7 Å². The van der Waals surface area contributed by atoms with E-state index >= 15 is 0 Å². The van der Waals surface area contributed by atoms with Crippen LogP contribution >= 0.6 is 0 Å². The Kier molecular flexibility index (Phi) is 7.82. The molecule has 7 nitrogen and oxygen atoms in total. The van der Waals surface area contributed by atoms with Crippen molar-refractivity contribution < 1.29 is 23.9 Å². The number of esters is 1. The van der Waals surface area contributed by atoms with Crippen LogP contribution in [0.3, 0.4) is 0 Å². The fraction of sp³-hybridized carbons (Fsp3) is 0.175. The SMILES string of the molecule is Cc1ccc2nc(-c3ccc(N4C(=O)C5CC=CC(C)C5C4=O)cc3)cc(C(=O)OCC(=O)c3ccc(-c4ccccc4)cc3)c2c1. The van der Waals surface area contributed by atoms with E-state index in [0.29, 0.717) is 45.4 Å². The van der Waals surface area contributed by atoms with E-state index in [2.05, 4.69) is 0 Å². The van der Waals surface area contributed by atoms with Gasteiger partial charge in [-0.3, -0.25) is 19.3 Å². The number of carbonyl (C=O) groups is 4. The summed E-state index contributed by atoms with van der Waals surface area (Å²) in [5.41, 5.74) is 6.06. The van der Waals surface area contributed by atoms with Gasteiger partial charge in [0.05, 0.1) is 34.3 Å². The highest BCUT2D eigenvalue weighted by Gasteiger charge is 2.50. The van der Waals surface area contributed by atoms with Crippen molar-refractivity contribution in [1.29, 1.82) is 0 Å². The predicted octanol–water partition coefficient (Wildman–Crippen LogP) is 7.62. The number of fused-ring (bicyclic) bond motifs is 2. The summed E-state index contributed by atoms with van der Waals surface area (Å²) in [4.78, 5) is 59.0. The minimum absolute atomic E-state index is 0.00793. The number of aromatic nitrogens is 1. The third-order valence-electron chi connectivity index (χ3n) is 9.13. The number of rotatable bonds is 7. The molecule has 1 fully saturated rings. The van der Waals surface area contributed by atoms with Crippen molar-refractivity contribution in [1.82, 2.24) is 4.98 Å². The summed E-state index contributed by atoms with van der Waals surface area (Å²) in [6.45, 7) is 3.49. The zero-order valence-electron chi connectivity index (χ0n) is 26.1. The molecule has 0 saturated carbocycles. The summed E-state index contributed by atoms with van der Waals surface area (Å²) in [7, 11) is 0. The van der Waals surface area contributed by atoms with Crippen LogP contribution in [-0.4, -0.2) is 35.2 Å². The zero-order valence-corrected chi connectivity index (χ0v) is 26.1. The normalized spacial score (nSPS) is 18.8. The number of ketones is 1. The van der Waals surface area contributed by atoms with Gasteiger partial charge in [0, 0.05) is 16.5 Å². The molecule has 232 valence electrons. The van der Waals surface area contributed by atoms with E-state index in [0.717, 1.165) is 16.7 Å². The zero-order chi connectivity index (χ0) is 32.7. The molecule has 0 spiro atoms. The lowest BCUT2D eigenvalue weighted by Crippen LogP contribution is -2.31. The molecule has 2 aliphatic rings. The van der Waals surface area contributed by atoms with Crippen LogP contribution in [0.2, 0.25) is 0 Å². The van der Waals surface area contributed by atoms with Crippen molar-refractivity contribution in [3.8, 4) is 22.4 Å². The first-order valence-electron chi connectivity index (χ1n) is 15.7. The number of nitrogens with zero attached hydrogens (tertiary/aromatic N) is 2. The molecule has 1 aromatic heterocycles. The number of benzene rings is 4. The molecule has 7 rings (SSSR count). The molecule has 1 aliphatic heterocycles. The van der Waals surface area contributed by atoms with Gasteiger partial charge in [-0.05, 0) is 60.7 Å². The molecule has 47 heavy (non-hydrogen) atoms. The number of hydrogen-bond donors (Lipinski definition) is 0. The maximum atomic E-state index is 13.5. The second-order valence-electron chi connectivity index (χ2n) is 12.2. The molecule has 0 N–H and O–H groups in total. The highest BCUT2D eigenvalue weighted by Crippen LogP contribution is 2.41. The molecule has 1 saturated heterocycles. The lowest BCUT2D eigenvalue weighted by Gasteiger charge is -2.22. The molecule has 1 aliphatic carbocycles. The number of hydrogen-bond acceptors (Lipinski definition) is 6. The number of aryl methyl sites for hydroxylation is 1. The fourth-order valence-electron chi connectivity index (χ4n) is 6.61. The lowest BCUT2D eigenvalue weighted by atomic mass is 9.78. The molecule has 2 amide bonds. The first-order valence-corrected chi connectivity index (χ1v) is 15.7. The number of pyridine rings is 1. The topological polar surface area (TPSA) is 93.6 Å². The minimum atomic E-state index is -0.631. The molecule has 3 unspecified atom stereocenters. The van der Waals surface area contributed by atoms with Crippen LogP contribution in [0.25, 0.3) is 33.3 Å². The van der Waals surface area contributed by atoms with Gasteiger partial charge in [0.1, 0.15) is 0 Å². The predicted molar refractivity (Wildman–Crippen MR) is 181 cm³/mol. The fourth-order valence-corrected chi connectivity index (χ4v) is 6.61. The van der Waals surface area contributed by atoms with Crippen LogP contribution in [0.15, 0.2) is 115 Å². The molecular weight excluding hydrogens is 588 g/mol. The van der Waals surface area contributed by atoms with E-state index in [-0.39, 0.29) is 35.4 Å². The summed E-state index contributed by atoms with van der Waals surface area (Å²) < 4.78 is 5.56. The standard InChI is InChI=1S/C40H32N2O5/c1-24-11-20-34-32(21-24)33(40(46)47-23-36(43)29-14-12-27(13-15-29)26-8-4-3-5-9-26)22-35(41-34)28-16-18-30(19-17-28)42-38(44)31-10-6-7-25(2)37(31)39(42)45/h3-9,11-22,25,31,37H,10,23H2,1-2H3. The third kappa shape index (κ3) is 5.65. The van der Waals surface area contributed by atoms with Gasteiger partial charge in [-0.25, -0.2) is 9.78 Å². The van der Waals surface area contributed by atoms with Crippen molar-refractivity contribution in [2.45, 2.75) is 20.3 Å². The Balaban J connectivity index is 1.12. The highest BCUT2D eigenvalue weighted by atomic mass is 16.5. The van der Waals surface area contributed by atoms with Crippen molar-refractivity contribution in [3.63, 3.8) is 0 Å². The molecule has 3 atom stereocenters. The molecular formula is C40H32N2O5. The van der Waals surface area contributed by atoms with Gasteiger partial charge in [0.25, 0.3) is 0 Å². The number of Topliss-reactive ketones (excluding diaryl/α,β-unsaturated/α-hetero) is 1. The Labute approximate surface area is 272 Å². The van der Waals surface area contributed by atoms with Gasteiger partial charge in [0.15, 0.2) is 12.4 Å². The van der Waals surface area contributed by atoms with Gasteiger partial charge in [-0.2, -0.15) is 0 Å². The maximum Gasteiger partial charge on any atom is 0.339 e. The van der Waals surface area contributed by atoms with Gasteiger partial charge in [-0.1, -0.05) is 97.4 Å². The van der Waals surface area contributed by atoms with Crippen LogP contribution in [-0.2, 0) is 14.3 Å². The summed E-state index contributed by atoms with van der Waals surface area (Å²) in [6.07, 6.45) is 4.56. The second kappa shape index (κ2) is 12.2. The summed E-state index contributed by atoms with van der Waals surface area (Å²) in [6, 6.07) is 31.4. The Morgan fingerprint density at radius 3 is 2.26 bits per heavy atom. The monoisotopic (exact) mass is 620 g/mol.